The topological polar surface area (TPSA) is 0 Å². The highest BCUT2D eigenvalue weighted by Gasteiger charge is 2.05. The third-order valence-electron chi connectivity index (χ3n) is 2.59. The molecule has 16 heavy (non-hydrogen) atoms. The minimum atomic E-state index is -0.145. The van der Waals surface area contributed by atoms with Gasteiger partial charge in [0.15, 0.2) is 0 Å². The first-order valence-corrected chi connectivity index (χ1v) is 6.34. The van der Waals surface area contributed by atoms with E-state index in [4.69, 9.17) is 0 Å². The van der Waals surface area contributed by atoms with Crippen molar-refractivity contribution in [3.63, 3.8) is 0 Å². The van der Waals surface area contributed by atoms with Crippen LogP contribution < -0.4 is 0 Å². The Morgan fingerprint density at radius 1 is 1.06 bits per heavy atom. The average Bonchev–Trinajstić information content (AvgIpc) is 2.32. The first kappa shape index (κ1) is 11.2. The number of hydrogen-bond donors (Lipinski definition) is 0. The zero-order chi connectivity index (χ0) is 11.5. The summed E-state index contributed by atoms with van der Waals surface area (Å²) < 4.78 is 13.5. The SMILES string of the molecule is CSc1ccccc1-c1ccc(C)c(F)c1. The zero-order valence-electron chi connectivity index (χ0n) is 9.33. The quantitative estimate of drug-likeness (QED) is 0.686. The smallest absolute Gasteiger partial charge is 0.126 e. The van der Waals surface area contributed by atoms with E-state index in [1.807, 2.05) is 36.6 Å². The van der Waals surface area contributed by atoms with E-state index < -0.39 is 0 Å². The molecule has 0 N–H and O–H groups in total. The van der Waals surface area contributed by atoms with Crippen LogP contribution in [0, 0.1) is 12.7 Å². The fourth-order valence-electron chi connectivity index (χ4n) is 1.64. The van der Waals surface area contributed by atoms with E-state index in [1.54, 1.807) is 24.8 Å². The Bertz CT molecular complexity index is 506. The van der Waals surface area contributed by atoms with Crippen molar-refractivity contribution in [1.82, 2.24) is 0 Å². The van der Waals surface area contributed by atoms with Crippen LogP contribution in [0.5, 0.6) is 0 Å². The van der Waals surface area contributed by atoms with Gasteiger partial charge in [0, 0.05) is 4.90 Å². The van der Waals surface area contributed by atoms with Gasteiger partial charge < -0.3 is 0 Å². The number of aryl methyl sites for hydroxylation is 1. The molecule has 0 aromatic heterocycles. The van der Waals surface area contributed by atoms with Crippen LogP contribution in [0.15, 0.2) is 47.4 Å². The van der Waals surface area contributed by atoms with Crippen molar-refractivity contribution in [2.24, 2.45) is 0 Å². The zero-order valence-corrected chi connectivity index (χ0v) is 10.1. The summed E-state index contributed by atoms with van der Waals surface area (Å²) in [5.74, 6) is -0.145. The molecule has 0 amide bonds. The summed E-state index contributed by atoms with van der Waals surface area (Å²) >= 11 is 1.68. The maximum atomic E-state index is 13.5. The largest absolute Gasteiger partial charge is 0.207 e. The van der Waals surface area contributed by atoms with Crippen molar-refractivity contribution in [3.05, 3.63) is 53.8 Å². The van der Waals surface area contributed by atoms with E-state index in [0.29, 0.717) is 5.56 Å². The standard InChI is InChI=1S/C14H13FS/c1-10-7-8-11(9-13(10)15)12-5-3-4-6-14(12)16-2/h3-9H,1-2H3. The highest BCUT2D eigenvalue weighted by molar-refractivity contribution is 7.98. The van der Waals surface area contributed by atoms with Crippen LogP contribution in [-0.2, 0) is 0 Å². The van der Waals surface area contributed by atoms with Crippen molar-refractivity contribution in [3.8, 4) is 11.1 Å². The second-order valence-electron chi connectivity index (χ2n) is 3.66. The molecule has 2 heteroatoms. The minimum Gasteiger partial charge on any atom is -0.207 e. The lowest BCUT2D eigenvalue weighted by atomic mass is 10.0. The molecule has 0 atom stereocenters. The van der Waals surface area contributed by atoms with Gasteiger partial charge in [-0.2, -0.15) is 0 Å². The number of benzene rings is 2. The monoisotopic (exact) mass is 232 g/mol. The molecular weight excluding hydrogens is 219 g/mol. The van der Waals surface area contributed by atoms with Gasteiger partial charge in [0.1, 0.15) is 5.82 Å². The molecule has 0 aliphatic heterocycles. The molecule has 0 aliphatic rings. The minimum absolute atomic E-state index is 0.145. The summed E-state index contributed by atoms with van der Waals surface area (Å²) in [5, 5.41) is 0. The molecule has 0 saturated heterocycles. The van der Waals surface area contributed by atoms with Gasteiger partial charge in [-0.05, 0) is 42.0 Å². The van der Waals surface area contributed by atoms with Crippen LogP contribution in [0.2, 0.25) is 0 Å². The molecule has 0 nitrogen and oxygen atoms in total. The van der Waals surface area contributed by atoms with Gasteiger partial charge in [0.05, 0.1) is 0 Å². The van der Waals surface area contributed by atoms with Crippen molar-refractivity contribution in [1.29, 1.82) is 0 Å². The molecule has 0 bridgehead atoms. The van der Waals surface area contributed by atoms with Crippen LogP contribution in [0.3, 0.4) is 0 Å². The number of hydrogen-bond acceptors (Lipinski definition) is 1. The summed E-state index contributed by atoms with van der Waals surface area (Å²) in [4.78, 5) is 1.17. The lowest BCUT2D eigenvalue weighted by Crippen LogP contribution is -1.86. The Labute approximate surface area is 99.5 Å². The predicted molar refractivity (Wildman–Crippen MR) is 68.4 cm³/mol. The fourth-order valence-corrected chi connectivity index (χ4v) is 2.26. The molecule has 0 radical (unpaired) electrons. The Morgan fingerprint density at radius 3 is 2.50 bits per heavy atom. The van der Waals surface area contributed by atoms with Crippen LogP contribution in [-0.4, -0.2) is 6.26 Å². The molecule has 0 unspecified atom stereocenters. The normalized spacial score (nSPS) is 10.4. The summed E-state index contributed by atoms with van der Waals surface area (Å²) in [6.07, 6.45) is 2.03. The van der Waals surface area contributed by atoms with Gasteiger partial charge >= 0.3 is 0 Å². The summed E-state index contributed by atoms with van der Waals surface area (Å²) in [6, 6.07) is 13.4. The molecule has 0 heterocycles. The first-order valence-electron chi connectivity index (χ1n) is 5.12. The maximum Gasteiger partial charge on any atom is 0.126 e. The maximum absolute atomic E-state index is 13.5. The molecule has 2 rings (SSSR count). The summed E-state index contributed by atoms with van der Waals surface area (Å²) in [5.41, 5.74) is 2.72. The van der Waals surface area contributed by atoms with Gasteiger partial charge in [-0.15, -0.1) is 11.8 Å². The third kappa shape index (κ3) is 2.12. The third-order valence-corrected chi connectivity index (χ3v) is 3.39. The van der Waals surface area contributed by atoms with E-state index >= 15 is 0 Å². The fraction of sp³-hybridized carbons (Fsp3) is 0.143. The highest BCUT2D eigenvalue weighted by Crippen LogP contribution is 2.30. The van der Waals surface area contributed by atoms with Gasteiger partial charge in [-0.25, -0.2) is 4.39 Å². The summed E-state index contributed by atoms with van der Waals surface area (Å²) in [7, 11) is 0. The van der Waals surface area contributed by atoms with Gasteiger partial charge in [0.2, 0.25) is 0 Å². The molecule has 82 valence electrons. The lowest BCUT2D eigenvalue weighted by molar-refractivity contribution is 0.619. The van der Waals surface area contributed by atoms with Crippen molar-refractivity contribution in [2.75, 3.05) is 6.26 Å². The van der Waals surface area contributed by atoms with Gasteiger partial charge in [-0.1, -0.05) is 30.3 Å². The van der Waals surface area contributed by atoms with E-state index in [-0.39, 0.29) is 5.82 Å². The van der Waals surface area contributed by atoms with Gasteiger partial charge in [0.25, 0.3) is 0 Å². The second kappa shape index (κ2) is 4.71. The lowest BCUT2D eigenvalue weighted by Gasteiger charge is -2.08. The Balaban J connectivity index is 2.54. The molecule has 0 fully saturated rings. The molecule has 0 aliphatic carbocycles. The van der Waals surface area contributed by atoms with Crippen LogP contribution >= 0.6 is 11.8 Å². The van der Waals surface area contributed by atoms with E-state index in [9.17, 15) is 4.39 Å². The number of halogens is 1. The first-order chi connectivity index (χ1) is 7.72. The predicted octanol–water partition coefficient (Wildman–Crippen LogP) is 4.52. The molecule has 0 saturated carbocycles. The Hall–Kier alpha value is -1.28. The molecular formula is C14H13FS. The average molecular weight is 232 g/mol. The molecule has 2 aromatic rings. The van der Waals surface area contributed by atoms with Gasteiger partial charge in [-0.3, -0.25) is 0 Å². The molecule has 2 aromatic carbocycles. The van der Waals surface area contributed by atoms with Crippen LogP contribution in [0.25, 0.3) is 11.1 Å². The van der Waals surface area contributed by atoms with Crippen molar-refractivity contribution < 1.29 is 4.39 Å². The van der Waals surface area contributed by atoms with E-state index in [0.717, 1.165) is 11.1 Å². The highest BCUT2D eigenvalue weighted by atomic mass is 32.2. The second-order valence-corrected chi connectivity index (χ2v) is 4.51. The van der Waals surface area contributed by atoms with Crippen LogP contribution in [0.4, 0.5) is 4.39 Å². The molecule has 0 spiro atoms. The number of rotatable bonds is 2. The van der Waals surface area contributed by atoms with E-state index in [2.05, 4.69) is 6.07 Å². The Morgan fingerprint density at radius 2 is 1.81 bits per heavy atom. The summed E-state index contributed by atoms with van der Waals surface area (Å²) in [6.45, 7) is 1.78. The van der Waals surface area contributed by atoms with E-state index in [1.165, 1.54) is 4.90 Å². The van der Waals surface area contributed by atoms with Crippen molar-refractivity contribution in [2.45, 2.75) is 11.8 Å². The number of thioether (sulfide) groups is 1. The van der Waals surface area contributed by atoms with Crippen molar-refractivity contribution >= 4 is 11.8 Å². The Kier molecular flexibility index (Phi) is 3.30. The van der Waals surface area contributed by atoms with Crippen LogP contribution in [0.1, 0.15) is 5.56 Å².